The molecular weight excluding hydrogens is 255 g/mol. The maximum Gasteiger partial charge on any atom is 0.243 e. The van der Waals surface area contributed by atoms with E-state index in [1.165, 1.54) is 0 Å². The highest BCUT2D eigenvalue weighted by molar-refractivity contribution is 7.89. The van der Waals surface area contributed by atoms with E-state index in [2.05, 4.69) is 4.72 Å². The molecule has 3 N–H and O–H groups in total. The molecule has 0 atom stereocenters. The number of halogens is 1. The summed E-state index contributed by atoms with van der Waals surface area (Å²) in [7, 11) is -3.86. The number of anilines is 1. The van der Waals surface area contributed by atoms with Gasteiger partial charge >= 0.3 is 0 Å². The van der Waals surface area contributed by atoms with Gasteiger partial charge in [0.05, 0.1) is 0 Å². The van der Waals surface area contributed by atoms with E-state index < -0.39 is 20.7 Å². The summed E-state index contributed by atoms with van der Waals surface area (Å²) >= 11 is 0. The van der Waals surface area contributed by atoms with Gasteiger partial charge in [0.2, 0.25) is 10.0 Å². The van der Waals surface area contributed by atoms with Crippen molar-refractivity contribution in [1.29, 1.82) is 0 Å². The highest BCUT2D eigenvalue weighted by Crippen LogP contribution is 2.21. The Hall–Kier alpha value is -1.14. The molecule has 0 heterocycles. The van der Waals surface area contributed by atoms with Crippen LogP contribution in [0.1, 0.15) is 32.3 Å². The summed E-state index contributed by atoms with van der Waals surface area (Å²) in [4.78, 5) is -0.391. The first-order chi connectivity index (χ1) is 8.31. The third-order valence-corrected chi connectivity index (χ3v) is 4.45. The number of hydrogen-bond acceptors (Lipinski definition) is 3. The minimum Gasteiger partial charge on any atom is -0.398 e. The molecule has 0 aromatic heterocycles. The molecule has 6 heteroatoms. The second-order valence-electron chi connectivity index (χ2n) is 4.27. The Labute approximate surface area is 107 Å². The molecule has 0 amide bonds. The number of nitrogens with one attached hydrogen (secondary N) is 1. The van der Waals surface area contributed by atoms with E-state index in [9.17, 15) is 12.8 Å². The van der Waals surface area contributed by atoms with Crippen LogP contribution in [0.15, 0.2) is 17.0 Å². The number of sulfonamides is 1. The Kier molecular flexibility index (Phi) is 4.70. The first-order valence-corrected chi connectivity index (χ1v) is 7.38. The smallest absolute Gasteiger partial charge is 0.243 e. The van der Waals surface area contributed by atoms with Crippen LogP contribution in [0.4, 0.5) is 10.1 Å². The molecule has 102 valence electrons. The fourth-order valence-corrected chi connectivity index (χ4v) is 3.11. The van der Waals surface area contributed by atoms with E-state index in [-0.39, 0.29) is 11.7 Å². The van der Waals surface area contributed by atoms with Gasteiger partial charge in [-0.25, -0.2) is 17.5 Å². The van der Waals surface area contributed by atoms with E-state index in [1.807, 2.05) is 13.8 Å². The molecule has 0 aliphatic heterocycles. The van der Waals surface area contributed by atoms with Crippen LogP contribution in [0.2, 0.25) is 0 Å². The summed E-state index contributed by atoms with van der Waals surface area (Å²) in [5, 5.41) is 0. The van der Waals surface area contributed by atoms with Crippen LogP contribution in [-0.2, 0) is 10.0 Å². The standard InChI is InChI=1S/C12H19FN2O2S/c1-4-9(5-2)15-18(16,17)12-7-11(14)8(3)6-10(12)13/h6-7,9,15H,4-5,14H2,1-3H3. The third kappa shape index (κ3) is 3.20. The van der Waals surface area contributed by atoms with Gasteiger partial charge < -0.3 is 5.73 Å². The Bertz CT molecular complexity index is 525. The van der Waals surface area contributed by atoms with Gasteiger partial charge in [-0.05, 0) is 37.5 Å². The zero-order valence-corrected chi connectivity index (χ0v) is 11.6. The fraction of sp³-hybridized carbons (Fsp3) is 0.500. The molecule has 0 aliphatic carbocycles. The summed E-state index contributed by atoms with van der Waals surface area (Å²) < 4.78 is 40.3. The van der Waals surface area contributed by atoms with Gasteiger partial charge in [-0.2, -0.15) is 0 Å². The van der Waals surface area contributed by atoms with Crippen molar-refractivity contribution in [2.45, 2.75) is 44.6 Å². The maximum atomic E-state index is 13.7. The van der Waals surface area contributed by atoms with Crippen LogP contribution in [0.3, 0.4) is 0 Å². The second-order valence-corrected chi connectivity index (χ2v) is 5.96. The van der Waals surface area contributed by atoms with Crippen LogP contribution in [0.25, 0.3) is 0 Å². The molecule has 1 aromatic carbocycles. The van der Waals surface area contributed by atoms with Gasteiger partial charge in [0.15, 0.2) is 0 Å². The van der Waals surface area contributed by atoms with Crippen molar-refractivity contribution in [3.05, 3.63) is 23.5 Å². The molecule has 0 bridgehead atoms. The lowest BCUT2D eigenvalue weighted by atomic mass is 10.2. The molecule has 1 rings (SSSR count). The normalized spacial score (nSPS) is 12.1. The lowest BCUT2D eigenvalue weighted by Gasteiger charge is -2.16. The summed E-state index contributed by atoms with van der Waals surface area (Å²) in [5.74, 6) is -0.778. The quantitative estimate of drug-likeness (QED) is 0.808. The van der Waals surface area contributed by atoms with Gasteiger partial charge in [-0.3, -0.25) is 0 Å². The molecule has 1 aromatic rings. The first kappa shape index (κ1) is 14.9. The molecule has 0 unspecified atom stereocenters. The van der Waals surface area contributed by atoms with Crippen molar-refractivity contribution in [2.75, 3.05) is 5.73 Å². The number of hydrogen-bond donors (Lipinski definition) is 2. The molecule has 0 fully saturated rings. The Morgan fingerprint density at radius 2 is 1.89 bits per heavy atom. The first-order valence-electron chi connectivity index (χ1n) is 5.89. The highest BCUT2D eigenvalue weighted by atomic mass is 32.2. The topological polar surface area (TPSA) is 72.2 Å². The lowest BCUT2D eigenvalue weighted by molar-refractivity contribution is 0.520. The molecule has 0 spiro atoms. The van der Waals surface area contributed by atoms with Gasteiger partial charge in [0.25, 0.3) is 0 Å². The number of aryl methyl sites for hydroxylation is 1. The molecule has 0 saturated heterocycles. The number of benzene rings is 1. The Morgan fingerprint density at radius 1 is 1.33 bits per heavy atom. The van der Waals surface area contributed by atoms with E-state index in [0.29, 0.717) is 18.4 Å². The monoisotopic (exact) mass is 274 g/mol. The predicted molar refractivity (Wildman–Crippen MR) is 70.2 cm³/mol. The Balaban J connectivity index is 3.16. The summed E-state index contributed by atoms with van der Waals surface area (Å²) in [5.41, 5.74) is 6.41. The predicted octanol–water partition coefficient (Wildman–Crippen LogP) is 2.18. The van der Waals surface area contributed by atoms with Crippen LogP contribution in [0.5, 0.6) is 0 Å². The summed E-state index contributed by atoms with van der Waals surface area (Å²) in [6.07, 6.45) is 1.30. The van der Waals surface area contributed by atoms with E-state index in [4.69, 9.17) is 5.73 Å². The largest absolute Gasteiger partial charge is 0.398 e. The molecule has 0 aliphatic rings. The van der Waals surface area contributed by atoms with Crippen molar-refractivity contribution < 1.29 is 12.8 Å². The molecular formula is C12H19FN2O2S. The van der Waals surface area contributed by atoms with Gasteiger partial charge in [-0.1, -0.05) is 13.8 Å². The van der Waals surface area contributed by atoms with Crippen LogP contribution < -0.4 is 10.5 Å². The van der Waals surface area contributed by atoms with Crippen molar-refractivity contribution in [3.8, 4) is 0 Å². The molecule has 18 heavy (non-hydrogen) atoms. The molecule has 0 saturated carbocycles. The molecule has 4 nitrogen and oxygen atoms in total. The molecule has 0 radical (unpaired) electrons. The fourth-order valence-electron chi connectivity index (χ4n) is 1.61. The van der Waals surface area contributed by atoms with Crippen LogP contribution in [-0.4, -0.2) is 14.5 Å². The Morgan fingerprint density at radius 3 is 2.39 bits per heavy atom. The van der Waals surface area contributed by atoms with Crippen LogP contribution in [0, 0.1) is 12.7 Å². The highest BCUT2D eigenvalue weighted by Gasteiger charge is 2.22. The zero-order chi connectivity index (χ0) is 13.9. The third-order valence-electron chi connectivity index (χ3n) is 2.92. The summed E-state index contributed by atoms with van der Waals surface area (Å²) in [6, 6.07) is 2.10. The van der Waals surface area contributed by atoms with Crippen molar-refractivity contribution >= 4 is 15.7 Å². The van der Waals surface area contributed by atoms with Gasteiger partial charge in [0.1, 0.15) is 10.7 Å². The lowest BCUT2D eigenvalue weighted by Crippen LogP contribution is -2.34. The van der Waals surface area contributed by atoms with E-state index in [1.54, 1.807) is 6.92 Å². The van der Waals surface area contributed by atoms with Crippen molar-refractivity contribution in [2.24, 2.45) is 0 Å². The average molecular weight is 274 g/mol. The maximum absolute atomic E-state index is 13.7. The minimum atomic E-state index is -3.86. The van der Waals surface area contributed by atoms with Crippen molar-refractivity contribution in [3.63, 3.8) is 0 Å². The zero-order valence-electron chi connectivity index (χ0n) is 10.8. The number of rotatable bonds is 5. The average Bonchev–Trinajstić information content (AvgIpc) is 2.30. The van der Waals surface area contributed by atoms with Gasteiger partial charge in [-0.15, -0.1) is 0 Å². The minimum absolute atomic E-state index is 0.197. The van der Waals surface area contributed by atoms with E-state index >= 15 is 0 Å². The number of nitrogens with two attached hydrogens (primary N) is 1. The number of nitrogen functional groups attached to an aromatic ring is 1. The van der Waals surface area contributed by atoms with Crippen molar-refractivity contribution in [1.82, 2.24) is 4.72 Å². The van der Waals surface area contributed by atoms with E-state index in [0.717, 1.165) is 12.1 Å². The summed E-state index contributed by atoms with van der Waals surface area (Å²) in [6.45, 7) is 5.37. The van der Waals surface area contributed by atoms with Crippen LogP contribution >= 0.6 is 0 Å². The van der Waals surface area contributed by atoms with Gasteiger partial charge in [0, 0.05) is 11.7 Å². The second kappa shape index (κ2) is 5.67. The SMILES string of the molecule is CCC(CC)NS(=O)(=O)c1cc(N)c(C)cc1F.